The van der Waals surface area contributed by atoms with Crippen LogP contribution in [0.1, 0.15) is 11.1 Å². The molecule has 0 aliphatic carbocycles. The fourth-order valence-corrected chi connectivity index (χ4v) is 3.62. The van der Waals surface area contributed by atoms with E-state index in [0.29, 0.717) is 11.4 Å². The molecule has 0 bridgehead atoms. The van der Waals surface area contributed by atoms with E-state index in [1.807, 2.05) is 48.1 Å². The van der Waals surface area contributed by atoms with E-state index in [9.17, 15) is 8.42 Å². The summed E-state index contributed by atoms with van der Waals surface area (Å²) in [7, 11) is -0.249. The van der Waals surface area contributed by atoms with Crippen molar-refractivity contribution in [2.75, 3.05) is 7.05 Å². The van der Waals surface area contributed by atoms with Crippen LogP contribution in [0.2, 0.25) is 5.02 Å². The quantitative estimate of drug-likeness (QED) is 0.744. The van der Waals surface area contributed by atoms with Gasteiger partial charge in [0, 0.05) is 23.8 Å². The Morgan fingerprint density at radius 3 is 2.64 bits per heavy atom. The molecule has 1 aromatic heterocycles. The summed E-state index contributed by atoms with van der Waals surface area (Å²) in [5.74, 6) is 0. The second-order valence-electron chi connectivity index (χ2n) is 5.76. The Kier molecular flexibility index (Phi) is 4.94. The number of nitrogens with zero attached hydrogens (tertiary/aromatic N) is 2. The average Bonchev–Trinajstić information content (AvgIpc) is 3.01. The summed E-state index contributed by atoms with van der Waals surface area (Å²) in [6.45, 7) is 0. The molecule has 0 unspecified atom stereocenters. The number of aryl methyl sites for hydroxylation is 1. The van der Waals surface area contributed by atoms with Crippen molar-refractivity contribution in [2.45, 2.75) is 11.3 Å². The fraction of sp³-hybridized carbons (Fsp3) is 0.167. The molecule has 0 atom stereocenters. The minimum absolute atomic E-state index is 0.213. The summed E-state index contributed by atoms with van der Waals surface area (Å²) in [5, 5.41) is 0.672. The topological polar surface area (TPSA) is 64.0 Å². The molecule has 7 heteroatoms. The zero-order chi connectivity index (χ0) is 18.0. The molecule has 0 saturated carbocycles. The van der Waals surface area contributed by atoms with Crippen LogP contribution in [0, 0.1) is 0 Å². The third kappa shape index (κ3) is 3.92. The molecule has 5 nitrogen and oxygen atoms in total. The molecule has 3 aromatic rings. The van der Waals surface area contributed by atoms with Gasteiger partial charge in [0.1, 0.15) is 0 Å². The van der Waals surface area contributed by atoms with Gasteiger partial charge < -0.3 is 4.57 Å². The molecule has 0 aliphatic rings. The van der Waals surface area contributed by atoms with Gasteiger partial charge in [0.2, 0.25) is 10.0 Å². The van der Waals surface area contributed by atoms with Crippen LogP contribution in [0.4, 0.5) is 0 Å². The van der Waals surface area contributed by atoms with Crippen LogP contribution in [0.15, 0.2) is 59.9 Å². The highest BCUT2D eigenvalue weighted by Gasteiger charge is 2.16. The van der Waals surface area contributed by atoms with Crippen molar-refractivity contribution in [1.82, 2.24) is 14.3 Å². The van der Waals surface area contributed by atoms with E-state index in [4.69, 9.17) is 11.6 Å². The SMILES string of the molecule is CNS(=O)(=O)c1ccc(Cc2cccc(Cl)c2)c(-c2cn(C)cn2)c1. The van der Waals surface area contributed by atoms with E-state index >= 15 is 0 Å². The molecule has 0 fully saturated rings. The van der Waals surface area contributed by atoms with Crippen molar-refractivity contribution in [3.63, 3.8) is 0 Å². The fourth-order valence-electron chi connectivity index (χ4n) is 2.65. The van der Waals surface area contributed by atoms with Gasteiger partial charge in [0.15, 0.2) is 0 Å². The smallest absolute Gasteiger partial charge is 0.240 e. The van der Waals surface area contributed by atoms with Gasteiger partial charge in [0.05, 0.1) is 16.9 Å². The Hall–Kier alpha value is -2.15. The molecule has 0 spiro atoms. The number of nitrogens with one attached hydrogen (secondary N) is 1. The first-order chi connectivity index (χ1) is 11.9. The lowest BCUT2D eigenvalue weighted by atomic mass is 9.98. The molecule has 0 radical (unpaired) electrons. The number of halogens is 1. The first-order valence-corrected chi connectivity index (χ1v) is 9.54. The van der Waals surface area contributed by atoms with Gasteiger partial charge in [-0.2, -0.15) is 0 Å². The van der Waals surface area contributed by atoms with Gasteiger partial charge in [-0.1, -0.05) is 29.8 Å². The summed E-state index contributed by atoms with van der Waals surface area (Å²) in [6, 6.07) is 12.7. The minimum Gasteiger partial charge on any atom is -0.340 e. The zero-order valence-electron chi connectivity index (χ0n) is 13.9. The van der Waals surface area contributed by atoms with E-state index in [0.717, 1.165) is 22.4 Å². The maximum Gasteiger partial charge on any atom is 0.240 e. The lowest BCUT2D eigenvalue weighted by molar-refractivity contribution is 0.588. The molecule has 0 aliphatic heterocycles. The highest BCUT2D eigenvalue weighted by atomic mass is 35.5. The largest absolute Gasteiger partial charge is 0.340 e. The van der Waals surface area contributed by atoms with Crippen molar-refractivity contribution in [3.05, 3.63) is 71.1 Å². The molecule has 0 saturated heterocycles. The highest BCUT2D eigenvalue weighted by Crippen LogP contribution is 2.28. The van der Waals surface area contributed by atoms with Crippen LogP contribution in [-0.2, 0) is 23.5 Å². The number of benzene rings is 2. The van der Waals surface area contributed by atoms with Crippen LogP contribution < -0.4 is 4.72 Å². The third-order valence-corrected chi connectivity index (χ3v) is 5.57. The third-order valence-electron chi connectivity index (χ3n) is 3.92. The number of imidazole rings is 1. The van der Waals surface area contributed by atoms with Crippen molar-refractivity contribution < 1.29 is 8.42 Å². The maximum atomic E-state index is 12.1. The van der Waals surface area contributed by atoms with Crippen molar-refractivity contribution in [2.24, 2.45) is 7.05 Å². The van der Waals surface area contributed by atoms with E-state index < -0.39 is 10.0 Å². The minimum atomic E-state index is -3.52. The van der Waals surface area contributed by atoms with Crippen LogP contribution in [-0.4, -0.2) is 25.0 Å². The molecule has 25 heavy (non-hydrogen) atoms. The van der Waals surface area contributed by atoms with E-state index in [2.05, 4.69) is 9.71 Å². The zero-order valence-corrected chi connectivity index (χ0v) is 15.5. The molecule has 1 N–H and O–H groups in total. The Morgan fingerprint density at radius 2 is 2.00 bits per heavy atom. The molecule has 2 aromatic carbocycles. The van der Waals surface area contributed by atoms with E-state index in [1.54, 1.807) is 18.5 Å². The standard InChI is InChI=1S/C18H18ClN3O2S/c1-20-25(23,24)16-7-6-14(8-13-4-3-5-15(19)9-13)17(10-16)18-11-22(2)12-21-18/h3-7,9-12,20H,8H2,1-2H3. The normalized spacial score (nSPS) is 11.6. The van der Waals surface area contributed by atoms with Crippen LogP contribution in [0.25, 0.3) is 11.3 Å². The molecule has 0 amide bonds. The van der Waals surface area contributed by atoms with Gasteiger partial charge in [-0.05, 0) is 48.9 Å². The summed E-state index contributed by atoms with van der Waals surface area (Å²) >= 11 is 6.07. The lowest BCUT2D eigenvalue weighted by Crippen LogP contribution is -2.18. The van der Waals surface area contributed by atoms with Crippen molar-refractivity contribution in [1.29, 1.82) is 0 Å². The molecule has 130 valence electrons. The van der Waals surface area contributed by atoms with E-state index in [-0.39, 0.29) is 4.90 Å². The second-order valence-corrected chi connectivity index (χ2v) is 8.08. The Bertz CT molecular complexity index is 1010. The molecule has 3 rings (SSSR count). The van der Waals surface area contributed by atoms with Crippen LogP contribution in [0.3, 0.4) is 0 Å². The summed E-state index contributed by atoms with van der Waals surface area (Å²) in [5.41, 5.74) is 3.55. The van der Waals surface area contributed by atoms with E-state index in [1.165, 1.54) is 7.05 Å². The number of sulfonamides is 1. The first kappa shape index (κ1) is 17.7. The number of hydrogen-bond acceptors (Lipinski definition) is 3. The lowest BCUT2D eigenvalue weighted by Gasteiger charge is -2.11. The predicted molar refractivity (Wildman–Crippen MR) is 99.1 cm³/mol. The Morgan fingerprint density at radius 1 is 1.20 bits per heavy atom. The maximum absolute atomic E-state index is 12.1. The monoisotopic (exact) mass is 375 g/mol. The van der Waals surface area contributed by atoms with Gasteiger partial charge in [-0.3, -0.25) is 0 Å². The first-order valence-electron chi connectivity index (χ1n) is 7.68. The van der Waals surface area contributed by atoms with Crippen LogP contribution >= 0.6 is 11.6 Å². The number of rotatable bonds is 5. The van der Waals surface area contributed by atoms with Crippen molar-refractivity contribution >= 4 is 21.6 Å². The molecular weight excluding hydrogens is 358 g/mol. The Balaban J connectivity index is 2.11. The van der Waals surface area contributed by atoms with Gasteiger partial charge in [-0.15, -0.1) is 0 Å². The predicted octanol–water partition coefficient (Wildman–Crippen LogP) is 3.24. The summed E-state index contributed by atoms with van der Waals surface area (Å²) in [4.78, 5) is 4.59. The molecular formula is C18H18ClN3O2S. The second kappa shape index (κ2) is 7.00. The summed E-state index contributed by atoms with van der Waals surface area (Å²) < 4.78 is 28.5. The van der Waals surface area contributed by atoms with Crippen LogP contribution in [0.5, 0.6) is 0 Å². The van der Waals surface area contributed by atoms with Gasteiger partial charge >= 0.3 is 0 Å². The Labute approximate surface area is 152 Å². The van der Waals surface area contributed by atoms with Gasteiger partial charge in [0.25, 0.3) is 0 Å². The molecule has 1 heterocycles. The number of hydrogen-bond donors (Lipinski definition) is 1. The van der Waals surface area contributed by atoms with Crippen molar-refractivity contribution in [3.8, 4) is 11.3 Å². The van der Waals surface area contributed by atoms with Gasteiger partial charge in [-0.25, -0.2) is 18.1 Å². The number of aromatic nitrogens is 2. The average molecular weight is 376 g/mol. The summed E-state index contributed by atoms with van der Waals surface area (Å²) in [6.07, 6.45) is 4.19. The highest BCUT2D eigenvalue weighted by molar-refractivity contribution is 7.89.